The van der Waals surface area contributed by atoms with Crippen molar-refractivity contribution >= 4 is 51.9 Å². The molecule has 1 N–H and O–H groups in total. The van der Waals surface area contributed by atoms with Crippen LogP contribution in [0.1, 0.15) is 5.56 Å². The number of ether oxygens (including phenoxy) is 1. The third-order valence-electron chi connectivity index (χ3n) is 5.16. The van der Waals surface area contributed by atoms with E-state index in [-0.39, 0.29) is 18.4 Å². The predicted molar refractivity (Wildman–Crippen MR) is 131 cm³/mol. The first-order chi connectivity index (χ1) is 15.5. The third kappa shape index (κ3) is 5.36. The first-order valence-electron chi connectivity index (χ1n) is 10.3. The fourth-order valence-electron chi connectivity index (χ4n) is 3.43. The number of thiocarbonyl (C=S) groups is 1. The van der Waals surface area contributed by atoms with Gasteiger partial charge < -0.3 is 15.0 Å². The number of hydrogen-bond acceptors (Lipinski definition) is 7. The van der Waals surface area contributed by atoms with E-state index in [1.54, 1.807) is 17.2 Å². The van der Waals surface area contributed by atoms with Crippen LogP contribution >= 0.6 is 24.0 Å². The van der Waals surface area contributed by atoms with Gasteiger partial charge in [0.25, 0.3) is 11.8 Å². The Kier molecular flexibility index (Phi) is 7.21. The van der Waals surface area contributed by atoms with Gasteiger partial charge in [-0.3, -0.25) is 9.59 Å². The van der Waals surface area contributed by atoms with E-state index in [2.05, 4.69) is 17.3 Å². The van der Waals surface area contributed by atoms with Crippen molar-refractivity contribution in [3.8, 4) is 5.75 Å². The molecule has 4 rings (SSSR count). The van der Waals surface area contributed by atoms with Gasteiger partial charge in [-0.15, -0.1) is 0 Å². The first kappa shape index (κ1) is 22.5. The van der Waals surface area contributed by atoms with Gasteiger partial charge in [-0.05, 0) is 31.3 Å². The summed E-state index contributed by atoms with van der Waals surface area (Å²) >= 11 is 6.77. The van der Waals surface area contributed by atoms with Gasteiger partial charge in [0.1, 0.15) is 5.75 Å². The lowest BCUT2D eigenvalue weighted by Crippen LogP contribution is -2.54. The molecule has 2 aliphatic rings. The minimum Gasteiger partial charge on any atom is -0.483 e. The monoisotopic (exact) mass is 468 g/mol. The largest absolute Gasteiger partial charge is 0.483 e. The highest BCUT2D eigenvalue weighted by Gasteiger charge is 2.37. The minimum atomic E-state index is -0.257. The molecule has 7 nitrogen and oxygen atoms in total. The smallest absolute Gasteiger partial charge is 0.280 e. The van der Waals surface area contributed by atoms with Crippen molar-refractivity contribution in [3.63, 3.8) is 0 Å². The number of nitrogens with one attached hydrogen (secondary N) is 1. The van der Waals surface area contributed by atoms with E-state index in [1.165, 1.54) is 11.8 Å². The quantitative estimate of drug-likeness (QED) is 0.516. The number of hydrazine groups is 1. The summed E-state index contributed by atoms with van der Waals surface area (Å²) in [7, 11) is 2.07. The Bertz CT molecular complexity index is 1040. The van der Waals surface area contributed by atoms with E-state index < -0.39 is 0 Å². The van der Waals surface area contributed by atoms with Gasteiger partial charge in [0.05, 0.1) is 4.91 Å². The maximum Gasteiger partial charge on any atom is 0.280 e. The number of nitrogens with zero attached hydrogens (tertiary/aromatic N) is 3. The summed E-state index contributed by atoms with van der Waals surface area (Å²) in [6, 6.07) is 16.5. The summed E-state index contributed by atoms with van der Waals surface area (Å²) in [5, 5.41) is 6.41. The molecule has 0 bridgehead atoms. The lowest BCUT2D eigenvalue weighted by Gasteiger charge is -2.37. The van der Waals surface area contributed by atoms with Crippen LogP contribution in [0.25, 0.3) is 6.08 Å². The summed E-state index contributed by atoms with van der Waals surface area (Å²) in [6.45, 7) is 3.15. The molecule has 0 atom stereocenters. The van der Waals surface area contributed by atoms with Crippen molar-refractivity contribution in [1.82, 2.24) is 14.9 Å². The van der Waals surface area contributed by atoms with Crippen LogP contribution in [0.2, 0.25) is 0 Å². The van der Waals surface area contributed by atoms with Crippen molar-refractivity contribution < 1.29 is 14.3 Å². The number of anilines is 1. The van der Waals surface area contributed by atoms with E-state index >= 15 is 0 Å². The number of thioether (sulfide) groups is 1. The average molecular weight is 469 g/mol. The number of carbonyl (C=O) groups is 2. The molecule has 0 spiro atoms. The molecule has 0 saturated carbocycles. The second kappa shape index (κ2) is 10.3. The molecule has 2 aromatic rings. The van der Waals surface area contributed by atoms with Crippen molar-refractivity contribution in [3.05, 3.63) is 65.1 Å². The van der Waals surface area contributed by atoms with E-state index in [9.17, 15) is 9.59 Å². The normalized spacial score (nSPS) is 18.9. The Hall–Kier alpha value is -2.72. The van der Waals surface area contributed by atoms with E-state index in [0.717, 1.165) is 31.7 Å². The van der Waals surface area contributed by atoms with Crippen molar-refractivity contribution in [2.24, 2.45) is 0 Å². The molecule has 2 aromatic carbocycles. The summed E-state index contributed by atoms with van der Waals surface area (Å²) in [5.41, 5.74) is 1.43. The van der Waals surface area contributed by atoms with Gasteiger partial charge >= 0.3 is 0 Å². The zero-order valence-electron chi connectivity index (χ0n) is 17.7. The minimum absolute atomic E-state index is 0.124. The molecule has 2 saturated heterocycles. The lowest BCUT2D eigenvalue weighted by molar-refractivity contribution is -0.135. The molecule has 0 aromatic heterocycles. The Morgan fingerprint density at radius 1 is 1.09 bits per heavy atom. The number of likely N-dealkylation sites (N-methyl/N-ethyl adjacent to an activating group) is 1. The van der Waals surface area contributed by atoms with Crippen molar-refractivity contribution in [1.29, 1.82) is 0 Å². The highest BCUT2D eigenvalue weighted by atomic mass is 32.2. The standard InChI is InChI=1S/C23H24N4O3S2/c1-25-11-13-26(14-12-25)27-22(29)20(32-23(27)31)15-17-7-5-6-10-19(17)30-16-21(28)24-18-8-3-2-4-9-18/h2-10,15H,11-14,16H2,1H3,(H,24,28). The van der Waals surface area contributed by atoms with Crippen LogP contribution in [0.4, 0.5) is 5.69 Å². The van der Waals surface area contributed by atoms with E-state index in [1.807, 2.05) is 53.5 Å². The van der Waals surface area contributed by atoms with Gasteiger partial charge in [-0.1, -0.05) is 60.4 Å². The molecule has 2 amide bonds. The maximum atomic E-state index is 13.1. The third-order valence-corrected chi connectivity index (χ3v) is 6.44. The number of piperazine rings is 1. The molecule has 2 fully saturated rings. The fraction of sp³-hybridized carbons (Fsp3) is 0.261. The molecule has 0 radical (unpaired) electrons. The number of rotatable bonds is 6. The SMILES string of the molecule is CN1CCN(N2C(=O)C(=Cc3ccccc3OCC(=O)Nc3ccccc3)SC2=S)CC1. The summed E-state index contributed by atoms with van der Waals surface area (Å²) in [6.07, 6.45) is 1.78. The Morgan fingerprint density at radius 2 is 1.78 bits per heavy atom. The van der Waals surface area contributed by atoms with Gasteiger partial charge in [-0.25, -0.2) is 10.0 Å². The molecular weight excluding hydrogens is 444 g/mol. The number of para-hydroxylation sites is 2. The van der Waals surface area contributed by atoms with Gasteiger partial charge in [0.15, 0.2) is 10.9 Å². The Balaban J connectivity index is 1.43. The Labute approximate surface area is 197 Å². The fourth-order valence-corrected chi connectivity index (χ4v) is 4.73. The van der Waals surface area contributed by atoms with Crippen molar-refractivity contribution in [2.75, 3.05) is 45.2 Å². The van der Waals surface area contributed by atoms with E-state index in [0.29, 0.717) is 20.7 Å². The highest BCUT2D eigenvalue weighted by molar-refractivity contribution is 8.26. The molecule has 166 valence electrons. The second-order valence-electron chi connectivity index (χ2n) is 7.49. The van der Waals surface area contributed by atoms with Gasteiger partial charge in [-0.2, -0.15) is 0 Å². The summed E-state index contributed by atoms with van der Waals surface area (Å²) < 4.78 is 6.29. The molecule has 0 unspecified atom stereocenters. The van der Waals surface area contributed by atoms with Crippen LogP contribution in [0.3, 0.4) is 0 Å². The zero-order valence-corrected chi connectivity index (χ0v) is 19.3. The van der Waals surface area contributed by atoms with Gasteiger partial charge in [0.2, 0.25) is 0 Å². The first-order valence-corrected chi connectivity index (χ1v) is 11.5. The molecule has 32 heavy (non-hydrogen) atoms. The van der Waals surface area contributed by atoms with Crippen LogP contribution in [0, 0.1) is 0 Å². The summed E-state index contributed by atoms with van der Waals surface area (Å²) in [5.74, 6) is 0.147. The molecular formula is C23H24N4O3S2. The molecule has 0 aliphatic carbocycles. The number of amides is 2. The lowest BCUT2D eigenvalue weighted by atomic mass is 10.2. The molecule has 2 aliphatic heterocycles. The topological polar surface area (TPSA) is 65.1 Å². The van der Waals surface area contributed by atoms with Crippen LogP contribution in [0.15, 0.2) is 59.5 Å². The predicted octanol–water partition coefficient (Wildman–Crippen LogP) is 3.07. The van der Waals surface area contributed by atoms with E-state index in [4.69, 9.17) is 17.0 Å². The number of carbonyl (C=O) groups excluding carboxylic acids is 2. The highest BCUT2D eigenvalue weighted by Crippen LogP contribution is 2.35. The number of hydrogen-bond donors (Lipinski definition) is 1. The Morgan fingerprint density at radius 3 is 2.53 bits per heavy atom. The van der Waals surface area contributed by atoms with Crippen LogP contribution in [0.5, 0.6) is 5.75 Å². The molecule has 9 heteroatoms. The maximum absolute atomic E-state index is 13.1. The van der Waals surface area contributed by atoms with Crippen molar-refractivity contribution in [2.45, 2.75) is 0 Å². The average Bonchev–Trinajstić information content (AvgIpc) is 3.07. The van der Waals surface area contributed by atoms with Crippen LogP contribution < -0.4 is 10.1 Å². The summed E-state index contributed by atoms with van der Waals surface area (Å²) in [4.78, 5) is 28.1. The number of benzene rings is 2. The molecule has 2 heterocycles. The van der Waals surface area contributed by atoms with Crippen LogP contribution in [-0.4, -0.2) is 70.9 Å². The zero-order chi connectivity index (χ0) is 22.5. The van der Waals surface area contributed by atoms with Crippen LogP contribution in [-0.2, 0) is 9.59 Å². The second-order valence-corrected chi connectivity index (χ2v) is 9.17. The van der Waals surface area contributed by atoms with Gasteiger partial charge in [0, 0.05) is 37.4 Å².